The molecule has 7 nitrogen and oxygen atoms in total. The molecule has 28 heavy (non-hydrogen) atoms. The van der Waals surface area contributed by atoms with E-state index in [4.69, 9.17) is 14.5 Å². The zero-order valence-electron chi connectivity index (χ0n) is 15.5. The standard InChI is InChI=1S/C21H22N4O3/c26-21(22-15-7-8-18-19(12-15)28-11-10-27-18)25-9-3-4-14(13-25)20-23-16-5-1-2-6-17(16)24-20/h1-2,5-8,12,14H,3-4,9-11,13H2,(H,22,26)(H,23,24). The van der Waals surface area contributed by atoms with Crippen molar-refractivity contribution in [1.82, 2.24) is 14.9 Å². The molecule has 2 aromatic carbocycles. The molecular formula is C21H22N4O3. The van der Waals surface area contributed by atoms with Crippen molar-refractivity contribution in [1.29, 1.82) is 0 Å². The van der Waals surface area contributed by atoms with Crippen LogP contribution in [-0.4, -0.2) is 47.2 Å². The number of rotatable bonds is 2. The third-order valence-electron chi connectivity index (χ3n) is 5.30. The van der Waals surface area contributed by atoms with Crippen molar-refractivity contribution in [3.8, 4) is 11.5 Å². The molecule has 1 saturated heterocycles. The van der Waals surface area contributed by atoms with E-state index in [1.165, 1.54) is 0 Å². The Hall–Kier alpha value is -3.22. The summed E-state index contributed by atoms with van der Waals surface area (Å²) in [6.07, 6.45) is 1.98. The van der Waals surface area contributed by atoms with E-state index in [1.807, 2.05) is 47.4 Å². The number of para-hydroxylation sites is 2. The first kappa shape index (κ1) is 16.9. The third-order valence-corrected chi connectivity index (χ3v) is 5.30. The van der Waals surface area contributed by atoms with E-state index >= 15 is 0 Å². The number of carbonyl (C=O) groups is 1. The van der Waals surface area contributed by atoms with Gasteiger partial charge >= 0.3 is 6.03 Å². The zero-order chi connectivity index (χ0) is 18.9. The van der Waals surface area contributed by atoms with Gasteiger partial charge in [0, 0.05) is 30.8 Å². The van der Waals surface area contributed by atoms with E-state index < -0.39 is 0 Å². The van der Waals surface area contributed by atoms with Crippen LogP contribution in [0.2, 0.25) is 0 Å². The first-order chi connectivity index (χ1) is 13.8. The Bertz CT molecular complexity index is 983. The molecule has 3 heterocycles. The summed E-state index contributed by atoms with van der Waals surface area (Å²) in [6.45, 7) is 2.47. The van der Waals surface area contributed by atoms with Gasteiger partial charge in [-0.05, 0) is 37.1 Å². The van der Waals surface area contributed by atoms with Gasteiger partial charge in [0.1, 0.15) is 19.0 Å². The zero-order valence-corrected chi connectivity index (χ0v) is 15.5. The summed E-state index contributed by atoms with van der Waals surface area (Å²) in [5.74, 6) is 2.56. The molecular weight excluding hydrogens is 356 g/mol. The SMILES string of the molecule is O=C(Nc1ccc2c(c1)OCCO2)N1CCCC(c2nc3ccccc3[nH]2)C1. The van der Waals surface area contributed by atoms with Crippen LogP contribution in [0.25, 0.3) is 11.0 Å². The summed E-state index contributed by atoms with van der Waals surface area (Å²) in [7, 11) is 0. The van der Waals surface area contributed by atoms with Gasteiger partial charge in [-0.2, -0.15) is 0 Å². The molecule has 0 spiro atoms. The Balaban J connectivity index is 1.28. The first-order valence-corrected chi connectivity index (χ1v) is 9.66. The number of hydrogen-bond acceptors (Lipinski definition) is 4. The molecule has 2 aliphatic heterocycles. The molecule has 2 aliphatic rings. The number of aromatic nitrogens is 2. The molecule has 2 N–H and O–H groups in total. The summed E-state index contributed by atoms with van der Waals surface area (Å²) in [6, 6.07) is 13.4. The normalized spacial score (nSPS) is 18.9. The minimum Gasteiger partial charge on any atom is -0.486 e. The highest BCUT2D eigenvalue weighted by Gasteiger charge is 2.27. The number of anilines is 1. The fourth-order valence-corrected chi connectivity index (χ4v) is 3.87. The molecule has 3 aromatic rings. The average molecular weight is 378 g/mol. The molecule has 2 amide bonds. The van der Waals surface area contributed by atoms with Gasteiger partial charge in [-0.3, -0.25) is 0 Å². The van der Waals surface area contributed by atoms with E-state index in [-0.39, 0.29) is 11.9 Å². The van der Waals surface area contributed by atoms with Crippen LogP contribution < -0.4 is 14.8 Å². The molecule has 1 aromatic heterocycles. The molecule has 1 unspecified atom stereocenters. The van der Waals surface area contributed by atoms with Crippen LogP contribution in [0.15, 0.2) is 42.5 Å². The third kappa shape index (κ3) is 3.24. The second-order valence-corrected chi connectivity index (χ2v) is 7.21. The number of benzene rings is 2. The highest BCUT2D eigenvalue weighted by atomic mass is 16.6. The van der Waals surface area contributed by atoms with Gasteiger partial charge in [0.15, 0.2) is 11.5 Å². The largest absolute Gasteiger partial charge is 0.486 e. The lowest BCUT2D eigenvalue weighted by atomic mass is 9.97. The molecule has 144 valence electrons. The van der Waals surface area contributed by atoms with Gasteiger partial charge in [0.2, 0.25) is 0 Å². The average Bonchev–Trinajstić information content (AvgIpc) is 3.18. The number of H-pyrrole nitrogens is 1. The van der Waals surface area contributed by atoms with Crippen LogP contribution in [-0.2, 0) is 0 Å². The Morgan fingerprint density at radius 2 is 2.00 bits per heavy atom. The van der Waals surface area contributed by atoms with Crippen molar-refractivity contribution in [2.75, 3.05) is 31.6 Å². The number of nitrogens with zero attached hydrogens (tertiary/aromatic N) is 2. The van der Waals surface area contributed by atoms with Crippen molar-refractivity contribution < 1.29 is 14.3 Å². The molecule has 1 atom stereocenters. The lowest BCUT2D eigenvalue weighted by Gasteiger charge is -2.32. The summed E-state index contributed by atoms with van der Waals surface area (Å²) in [5.41, 5.74) is 2.71. The van der Waals surface area contributed by atoms with Crippen LogP contribution in [0.1, 0.15) is 24.6 Å². The van der Waals surface area contributed by atoms with Gasteiger partial charge in [-0.15, -0.1) is 0 Å². The highest BCUT2D eigenvalue weighted by molar-refractivity contribution is 5.90. The molecule has 7 heteroatoms. The van der Waals surface area contributed by atoms with Gasteiger partial charge in [-0.1, -0.05) is 12.1 Å². The number of imidazole rings is 1. The van der Waals surface area contributed by atoms with Gasteiger partial charge in [0.25, 0.3) is 0 Å². The fraction of sp³-hybridized carbons (Fsp3) is 0.333. The number of urea groups is 1. The van der Waals surface area contributed by atoms with Crippen molar-refractivity contribution in [2.24, 2.45) is 0 Å². The molecule has 0 aliphatic carbocycles. The molecule has 5 rings (SSSR count). The predicted molar refractivity (Wildman–Crippen MR) is 106 cm³/mol. The number of hydrogen-bond donors (Lipinski definition) is 2. The Morgan fingerprint density at radius 3 is 2.89 bits per heavy atom. The highest BCUT2D eigenvalue weighted by Crippen LogP contribution is 2.33. The number of nitrogens with one attached hydrogen (secondary N) is 2. The molecule has 0 radical (unpaired) electrons. The van der Waals surface area contributed by atoms with E-state index in [2.05, 4.69) is 10.3 Å². The maximum Gasteiger partial charge on any atom is 0.321 e. The van der Waals surface area contributed by atoms with Crippen LogP contribution in [0, 0.1) is 0 Å². The number of piperidine rings is 1. The maximum atomic E-state index is 12.8. The minimum atomic E-state index is -0.0995. The van der Waals surface area contributed by atoms with E-state index in [0.29, 0.717) is 36.9 Å². The van der Waals surface area contributed by atoms with Crippen molar-refractivity contribution in [3.05, 3.63) is 48.3 Å². The van der Waals surface area contributed by atoms with Gasteiger partial charge < -0.3 is 24.7 Å². The topological polar surface area (TPSA) is 79.5 Å². The Morgan fingerprint density at radius 1 is 1.14 bits per heavy atom. The van der Waals surface area contributed by atoms with Crippen LogP contribution in [0.3, 0.4) is 0 Å². The van der Waals surface area contributed by atoms with Crippen LogP contribution in [0.5, 0.6) is 11.5 Å². The van der Waals surface area contributed by atoms with Gasteiger partial charge in [0.05, 0.1) is 11.0 Å². The fourth-order valence-electron chi connectivity index (χ4n) is 3.87. The maximum absolute atomic E-state index is 12.8. The number of carbonyl (C=O) groups excluding carboxylic acids is 1. The van der Waals surface area contributed by atoms with Crippen molar-refractivity contribution in [3.63, 3.8) is 0 Å². The smallest absolute Gasteiger partial charge is 0.321 e. The van der Waals surface area contributed by atoms with Gasteiger partial charge in [-0.25, -0.2) is 9.78 Å². The monoisotopic (exact) mass is 378 g/mol. The number of amides is 2. The van der Waals surface area contributed by atoms with Crippen LogP contribution in [0.4, 0.5) is 10.5 Å². The summed E-state index contributed by atoms with van der Waals surface area (Å²) in [5, 5.41) is 2.98. The molecule has 0 bridgehead atoms. The quantitative estimate of drug-likeness (QED) is 0.712. The lowest BCUT2D eigenvalue weighted by Crippen LogP contribution is -2.41. The summed E-state index contributed by atoms with van der Waals surface area (Å²) < 4.78 is 11.1. The first-order valence-electron chi connectivity index (χ1n) is 9.66. The number of ether oxygens (including phenoxy) is 2. The number of fused-ring (bicyclic) bond motifs is 2. The van der Waals surface area contributed by atoms with Crippen molar-refractivity contribution >= 4 is 22.8 Å². The Labute approximate surface area is 162 Å². The summed E-state index contributed by atoms with van der Waals surface area (Å²) >= 11 is 0. The Kier molecular flexibility index (Phi) is 4.27. The second-order valence-electron chi connectivity index (χ2n) is 7.21. The van der Waals surface area contributed by atoms with E-state index in [0.717, 1.165) is 36.2 Å². The number of likely N-dealkylation sites (tertiary alicyclic amines) is 1. The predicted octanol–water partition coefficient (Wildman–Crippen LogP) is 3.75. The van der Waals surface area contributed by atoms with Crippen LogP contribution >= 0.6 is 0 Å². The lowest BCUT2D eigenvalue weighted by molar-refractivity contribution is 0.171. The molecule has 0 saturated carbocycles. The second kappa shape index (κ2) is 7.07. The number of aromatic amines is 1. The van der Waals surface area contributed by atoms with E-state index in [9.17, 15) is 4.79 Å². The van der Waals surface area contributed by atoms with E-state index in [1.54, 1.807) is 0 Å². The minimum absolute atomic E-state index is 0.0995. The molecule has 1 fully saturated rings. The van der Waals surface area contributed by atoms with Crippen molar-refractivity contribution in [2.45, 2.75) is 18.8 Å². The summed E-state index contributed by atoms with van der Waals surface area (Å²) in [4.78, 5) is 22.8.